The molecule has 0 bridgehead atoms. The van der Waals surface area contributed by atoms with Crippen LogP contribution in [0, 0.1) is 0 Å². The van der Waals surface area contributed by atoms with Crippen LogP contribution in [0.15, 0.2) is 29.3 Å². The van der Waals surface area contributed by atoms with Gasteiger partial charge in [0.25, 0.3) is 0 Å². The molecular weight excluding hydrogens is 457 g/mol. The SMILES string of the molecule is CN=C(NCCCOC1CCCC1)Nc1cccc(OCCCOC)c1.I. The minimum Gasteiger partial charge on any atom is -0.493 e. The number of nitrogens with zero attached hydrogens (tertiary/aromatic N) is 1. The molecule has 2 N–H and O–H groups in total. The zero-order valence-electron chi connectivity index (χ0n) is 16.5. The molecular formula is C20H34IN3O3. The Morgan fingerprint density at radius 3 is 2.70 bits per heavy atom. The maximum atomic E-state index is 5.88. The largest absolute Gasteiger partial charge is 0.493 e. The summed E-state index contributed by atoms with van der Waals surface area (Å²) in [5.74, 6) is 1.59. The van der Waals surface area contributed by atoms with Gasteiger partial charge in [-0.1, -0.05) is 18.9 Å². The Balaban J connectivity index is 0.00000364. The number of halogens is 1. The number of ether oxygens (including phenoxy) is 3. The van der Waals surface area contributed by atoms with Crippen molar-refractivity contribution in [1.29, 1.82) is 0 Å². The Morgan fingerprint density at radius 1 is 1.15 bits per heavy atom. The molecule has 1 fully saturated rings. The van der Waals surface area contributed by atoms with Crippen LogP contribution >= 0.6 is 24.0 Å². The standard InChI is InChI=1S/C20H33N3O3.HI/c1-21-20(22-12-6-14-25-18-9-3-4-10-18)23-17-8-5-11-19(16-17)26-15-7-13-24-2;/h5,8,11,16,18H,3-4,6-7,9-10,12-15H2,1-2H3,(H2,21,22,23);1H. The Bertz CT molecular complexity index is 537. The summed E-state index contributed by atoms with van der Waals surface area (Å²) in [6.07, 6.45) is 7.41. The molecule has 0 unspecified atom stereocenters. The molecule has 1 aliphatic rings. The van der Waals surface area contributed by atoms with E-state index in [9.17, 15) is 0 Å². The zero-order chi connectivity index (χ0) is 18.5. The third-order valence-electron chi connectivity index (χ3n) is 4.35. The van der Waals surface area contributed by atoms with Crippen LogP contribution in [0.25, 0.3) is 0 Å². The van der Waals surface area contributed by atoms with E-state index < -0.39 is 0 Å². The molecule has 6 nitrogen and oxygen atoms in total. The summed E-state index contributed by atoms with van der Waals surface area (Å²) < 4.78 is 16.6. The van der Waals surface area contributed by atoms with Crippen LogP contribution in [0.2, 0.25) is 0 Å². The van der Waals surface area contributed by atoms with Gasteiger partial charge in [-0.25, -0.2) is 0 Å². The molecule has 1 aromatic carbocycles. The third kappa shape index (κ3) is 10.2. The molecule has 0 heterocycles. The van der Waals surface area contributed by atoms with Crippen molar-refractivity contribution < 1.29 is 14.2 Å². The first-order valence-corrected chi connectivity index (χ1v) is 9.63. The van der Waals surface area contributed by atoms with Crippen molar-refractivity contribution in [3.05, 3.63) is 24.3 Å². The van der Waals surface area contributed by atoms with Gasteiger partial charge in [-0.15, -0.1) is 24.0 Å². The first-order valence-electron chi connectivity index (χ1n) is 9.63. The van der Waals surface area contributed by atoms with Gasteiger partial charge in [0, 0.05) is 52.1 Å². The van der Waals surface area contributed by atoms with Gasteiger partial charge in [-0.05, 0) is 31.4 Å². The van der Waals surface area contributed by atoms with Crippen molar-refractivity contribution in [3.8, 4) is 5.75 Å². The van der Waals surface area contributed by atoms with Crippen LogP contribution in [0.1, 0.15) is 38.5 Å². The molecule has 2 rings (SSSR count). The van der Waals surface area contributed by atoms with E-state index in [2.05, 4.69) is 15.6 Å². The fourth-order valence-corrected chi connectivity index (χ4v) is 2.96. The molecule has 0 amide bonds. The van der Waals surface area contributed by atoms with Crippen LogP contribution < -0.4 is 15.4 Å². The van der Waals surface area contributed by atoms with Gasteiger partial charge in [0.1, 0.15) is 5.75 Å². The lowest BCUT2D eigenvalue weighted by Crippen LogP contribution is -2.32. The summed E-state index contributed by atoms with van der Waals surface area (Å²) in [6.45, 7) is 2.99. The molecule has 1 aromatic rings. The van der Waals surface area contributed by atoms with Crippen molar-refractivity contribution in [1.82, 2.24) is 5.32 Å². The molecule has 0 saturated heterocycles. The van der Waals surface area contributed by atoms with Crippen molar-refractivity contribution in [3.63, 3.8) is 0 Å². The van der Waals surface area contributed by atoms with E-state index >= 15 is 0 Å². The summed E-state index contributed by atoms with van der Waals surface area (Å²) in [7, 11) is 3.47. The average molecular weight is 491 g/mol. The molecule has 0 aromatic heterocycles. The number of methoxy groups -OCH3 is 1. The number of rotatable bonds is 11. The first kappa shape index (κ1) is 24.0. The van der Waals surface area contributed by atoms with Crippen LogP contribution in [-0.4, -0.2) is 52.6 Å². The highest BCUT2D eigenvalue weighted by molar-refractivity contribution is 14.0. The monoisotopic (exact) mass is 491 g/mol. The van der Waals surface area contributed by atoms with Crippen molar-refractivity contribution in [2.45, 2.75) is 44.6 Å². The van der Waals surface area contributed by atoms with Crippen molar-refractivity contribution >= 4 is 35.6 Å². The molecule has 7 heteroatoms. The van der Waals surface area contributed by atoms with Crippen molar-refractivity contribution in [2.75, 3.05) is 45.8 Å². The van der Waals surface area contributed by atoms with Crippen LogP contribution in [-0.2, 0) is 9.47 Å². The van der Waals surface area contributed by atoms with Crippen LogP contribution in [0.5, 0.6) is 5.75 Å². The number of anilines is 1. The molecule has 0 atom stereocenters. The van der Waals surface area contributed by atoms with Gasteiger partial charge in [-0.2, -0.15) is 0 Å². The van der Waals surface area contributed by atoms with E-state index in [0.29, 0.717) is 19.3 Å². The summed E-state index contributed by atoms with van der Waals surface area (Å²) in [6, 6.07) is 7.90. The molecule has 0 spiro atoms. The van der Waals surface area contributed by atoms with Crippen LogP contribution in [0.4, 0.5) is 5.69 Å². The number of benzene rings is 1. The molecule has 0 aliphatic heterocycles. The van der Waals surface area contributed by atoms with Gasteiger partial charge in [0.05, 0.1) is 12.7 Å². The lowest BCUT2D eigenvalue weighted by Gasteiger charge is -2.14. The summed E-state index contributed by atoms with van der Waals surface area (Å²) in [5, 5.41) is 6.62. The topological polar surface area (TPSA) is 64.1 Å². The quantitative estimate of drug-likeness (QED) is 0.212. The highest BCUT2D eigenvalue weighted by Gasteiger charge is 2.14. The summed E-state index contributed by atoms with van der Waals surface area (Å²) in [4.78, 5) is 4.27. The third-order valence-corrected chi connectivity index (χ3v) is 4.35. The smallest absolute Gasteiger partial charge is 0.195 e. The predicted molar refractivity (Wildman–Crippen MR) is 122 cm³/mol. The molecule has 0 radical (unpaired) electrons. The Labute approximate surface area is 180 Å². The van der Waals surface area contributed by atoms with Gasteiger partial charge in [0.15, 0.2) is 5.96 Å². The average Bonchev–Trinajstić information content (AvgIpc) is 3.18. The van der Waals surface area contributed by atoms with Gasteiger partial charge in [0.2, 0.25) is 0 Å². The zero-order valence-corrected chi connectivity index (χ0v) is 18.9. The highest BCUT2D eigenvalue weighted by atomic mass is 127. The minimum atomic E-state index is 0. The van der Waals surface area contributed by atoms with E-state index in [0.717, 1.165) is 43.4 Å². The minimum absolute atomic E-state index is 0. The Hall–Kier alpha value is -1.06. The second kappa shape index (κ2) is 14.9. The fourth-order valence-electron chi connectivity index (χ4n) is 2.96. The van der Waals surface area contributed by atoms with Gasteiger partial charge < -0.3 is 24.8 Å². The Morgan fingerprint density at radius 2 is 1.96 bits per heavy atom. The second-order valence-electron chi connectivity index (χ2n) is 6.48. The number of aliphatic imine (C=N–C) groups is 1. The maximum Gasteiger partial charge on any atom is 0.195 e. The molecule has 154 valence electrons. The maximum absolute atomic E-state index is 5.88. The number of nitrogens with one attached hydrogen (secondary N) is 2. The normalized spacial score (nSPS) is 14.7. The molecule has 1 aliphatic carbocycles. The van der Waals surface area contributed by atoms with Crippen molar-refractivity contribution in [2.24, 2.45) is 4.99 Å². The van der Waals surface area contributed by atoms with Gasteiger partial charge in [-0.3, -0.25) is 4.99 Å². The van der Waals surface area contributed by atoms with E-state index in [1.165, 1.54) is 25.7 Å². The summed E-state index contributed by atoms with van der Waals surface area (Å²) >= 11 is 0. The Kier molecular flexibility index (Phi) is 13.3. The number of guanidine groups is 1. The lowest BCUT2D eigenvalue weighted by molar-refractivity contribution is 0.0574. The lowest BCUT2D eigenvalue weighted by atomic mass is 10.3. The fraction of sp³-hybridized carbons (Fsp3) is 0.650. The molecule has 27 heavy (non-hydrogen) atoms. The predicted octanol–water partition coefficient (Wildman–Crippen LogP) is 4.06. The number of hydrogen-bond acceptors (Lipinski definition) is 4. The van der Waals surface area contributed by atoms with E-state index in [1.807, 2.05) is 24.3 Å². The number of hydrogen-bond donors (Lipinski definition) is 2. The molecule has 1 saturated carbocycles. The van der Waals surface area contributed by atoms with Gasteiger partial charge >= 0.3 is 0 Å². The summed E-state index contributed by atoms with van der Waals surface area (Å²) in [5.41, 5.74) is 0.949. The van der Waals surface area contributed by atoms with Crippen LogP contribution in [0.3, 0.4) is 0 Å². The first-order chi connectivity index (χ1) is 12.8. The van der Waals surface area contributed by atoms with E-state index in [1.54, 1.807) is 14.2 Å². The highest BCUT2D eigenvalue weighted by Crippen LogP contribution is 2.20. The van der Waals surface area contributed by atoms with E-state index in [4.69, 9.17) is 14.2 Å². The van der Waals surface area contributed by atoms with E-state index in [-0.39, 0.29) is 24.0 Å². The second-order valence-corrected chi connectivity index (χ2v) is 6.48.